The molecule has 1 aromatic carbocycles. The van der Waals surface area contributed by atoms with Crippen molar-refractivity contribution in [1.82, 2.24) is 19.9 Å². The summed E-state index contributed by atoms with van der Waals surface area (Å²) in [6.07, 6.45) is 1.16. The van der Waals surface area contributed by atoms with Gasteiger partial charge in [0.1, 0.15) is 28.9 Å². The van der Waals surface area contributed by atoms with E-state index < -0.39 is 11.9 Å². The summed E-state index contributed by atoms with van der Waals surface area (Å²) in [4.78, 5) is 53.1. The zero-order chi connectivity index (χ0) is 28.6. The van der Waals surface area contributed by atoms with Crippen LogP contribution in [-0.4, -0.2) is 82.1 Å². The number of rotatable bonds is 11. The Bertz CT molecular complexity index is 1360. The first-order chi connectivity index (χ1) is 19.2. The number of hydrogen-bond acceptors (Lipinski definition) is 11. The van der Waals surface area contributed by atoms with Crippen LogP contribution in [-0.2, 0) is 14.3 Å². The van der Waals surface area contributed by atoms with Crippen molar-refractivity contribution in [3.63, 3.8) is 0 Å². The van der Waals surface area contributed by atoms with E-state index in [1.165, 1.54) is 17.5 Å². The van der Waals surface area contributed by atoms with Gasteiger partial charge in [0.2, 0.25) is 0 Å². The molecule has 1 amide bonds. The summed E-state index contributed by atoms with van der Waals surface area (Å²) >= 11 is 7.44. The van der Waals surface area contributed by atoms with Gasteiger partial charge in [-0.15, -0.1) is 0 Å². The Morgan fingerprint density at radius 1 is 1.12 bits per heavy atom. The van der Waals surface area contributed by atoms with Crippen LogP contribution in [0.25, 0.3) is 0 Å². The number of carbonyl (C=O) groups excluding carboxylic acids is 2. The minimum Gasteiger partial charge on any atom is -0.481 e. The van der Waals surface area contributed by atoms with E-state index in [9.17, 15) is 14.4 Å². The highest BCUT2D eigenvalue weighted by atomic mass is 35.5. The third kappa shape index (κ3) is 8.10. The highest BCUT2D eigenvalue weighted by Gasteiger charge is 2.20. The van der Waals surface area contributed by atoms with Crippen LogP contribution in [0, 0.1) is 13.8 Å². The number of aromatic nitrogens is 3. The average molecular weight is 588 g/mol. The average Bonchev–Trinajstić information content (AvgIpc) is 3.38. The lowest BCUT2D eigenvalue weighted by Crippen LogP contribution is -2.47. The molecule has 1 aliphatic rings. The number of hydrogen-bond donors (Lipinski definition) is 3. The molecular weight excluding hydrogens is 558 g/mol. The maximum atomic E-state index is 12.8. The van der Waals surface area contributed by atoms with Gasteiger partial charge in [0, 0.05) is 38.8 Å². The van der Waals surface area contributed by atoms with Crippen LogP contribution in [0.2, 0.25) is 5.02 Å². The number of carboxylic acids is 1. The molecule has 0 radical (unpaired) electrons. The van der Waals surface area contributed by atoms with Crippen LogP contribution >= 0.6 is 22.9 Å². The van der Waals surface area contributed by atoms with Gasteiger partial charge in [-0.1, -0.05) is 35.1 Å². The molecule has 0 unspecified atom stereocenters. The third-order valence-corrected chi connectivity index (χ3v) is 7.39. The first-order valence-corrected chi connectivity index (χ1v) is 13.9. The molecule has 4 rings (SSSR count). The molecule has 2 aromatic heterocycles. The fraction of sp³-hybridized carbons (Fsp3) is 0.385. The first kappa shape index (κ1) is 29.2. The second kappa shape index (κ2) is 13.5. The number of benzene rings is 1. The summed E-state index contributed by atoms with van der Waals surface area (Å²) in [5, 5.41) is 15.7. The van der Waals surface area contributed by atoms with Crippen LogP contribution in [0.1, 0.15) is 33.9 Å². The summed E-state index contributed by atoms with van der Waals surface area (Å²) in [6.45, 7) is 7.47. The van der Waals surface area contributed by atoms with E-state index >= 15 is 0 Å². The molecule has 12 nitrogen and oxygen atoms in total. The number of nitrogens with zero attached hydrogens (tertiary/aromatic N) is 5. The zero-order valence-electron chi connectivity index (χ0n) is 22.1. The second-order valence-corrected chi connectivity index (χ2v) is 10.6. The lowest BCUT2D eigenvalue weighted by atomic mass is 10.2. The molecule has 0 spiro atoms. The predicted molar refractivity (Wildman–Crippen MR) is 153 cm³/mol. The predicted octanol–water partition coefficient (Wildman–Crippen LogP) is 3.73. The second-order valence-electron chi connectivity index (χ2n) is 9.14. The number of anilines is 4. The molecule has 40 heavy (non-hydrogen) atoms. The Kier molecular flexibility index (Phi) is 9.85. The Morgan fingerprint density at radius 2 is 1.90 bits per heavy atom. The number of thiazole rings is 1. The number of para-hydroxylation sites is 1. The minimum atomic E-state index is -1.02. The Balaban J connectivity index is 1.29. The summed E-state index contributed by atoms with van der Waals surface area (Å²) < 4.78 is 5.13. The Hall–Kier alpha value is -3.81. The SMILES string of the molecule is Cc1nc(Nc2ncc(C(=O)Nc3c(C)cccc3Cl)s2)cc(N2CCN(CCOC(=O)CCC(=O)O)CC2)n1. The minimum absolute atomic E-state index is 0.121. The number of carbonyl (C=O) groups is 3. The van der Waals surface area contributed by atoms with Crippen molar-refractivity contribution in [1.29, 1.82) is 0 Å². The van der Waals surface area contributed by atoms with E-state index in [1.54, 1.807) is 6.07 Å². The molecule has 14 heteroatoms. The van der Waals surface area contributed by atoms with Gasteiger partial charge in [-0.05, 0) is 25.5 Å². The summed E-state index contributed by atoms with van der Waals surface area (Å²) in [7, 11) is 0. The van der Waals surface area contributed by atoms with Crippen molar-refractivity contribution in [2.45, 2.75) is 26.7 Å². The van der Waals surface area contributed by atoms with Crippen molar-refractivity contribution in [3.05, 3.63) is 51.7 Å². The highest BCUT2D eigenvalue weighted by molar-refractivity contribution is 7.17. The van der Waals surface area contributed by atoms with Crippen LogP contribution < -0.4 is 15.5 Å². The normalized spacial score (nSPS) is 13.6. The standard InChI is InChI=1S/C26H30ClN7O5S/c1-16-4-3-5-18(27)24(16)32-25(38)19-15-28-26(40-19)31-20-14-21(30-17(2)29-20)34-10-8-33(9-11-34)12-13-39-23(37)7-6-22(35)36/h3-5,14-15H,6-13H2,1-2H3,(H,32,38)(H,35,36)(H,28,29,30,31). The van der Waals surface area contributed by atoms with Crippen molar-refractivity contribution in [3.8, 4) is 0 Å². The van der Waals surface area contributed by atoms with Gasteiger partial charge >= 0.3 is 11.9 Å². The molecule has 0 aliphatic carbocycles. The van der Waals surface area contributed by atoms with Gasteiger partial charge < -0.3 is 25.4 Å². The molecular formula is C26H30ClN7O5S. The quantitative estimate of drug-likeness (QED) is 0.282. The Morgan fingerprint density at radius 3 is 2.62 bits per heavy atom. The molecule has 212 valence electrons. The van der Waals surface area contributed by atoms with Crippen molar-refractivity contribution >= 4 is 63.2 Å². The van der Waals surface area contributed by atoms with E-state index in [0.717, 1.165) is 37.6 Å². The number of piperazine rings is 1. The summed E-state index contributed by atoms with van der Waals surface area (Å²) in [5.74, 6) is 0.129. The van der Waals surface area contributed by atoms with Crippen molar-refractivity contribution < 1.29 is 24.2 Å². The molecule has 3 heterocycles. The van der Waals surface area contributed by atoms with Crippen LogP contribution in [0.5, 0.6) is 0 Å². The molecule has 1 fully saturated rings. The van der Waals surface area contributed by atoms with E-state index in [-0.39, 0.29) is 25.4 Å². The first-order valence-electron chi connectivity index (χ1n) is 12.7. The zero-order valence-corrected chi connectivity index (χ0v) is 23.7. The smallest absolute Gasteiger partial charge is 0.306 e. The fourth-order valence-corrected chi connectivity index (χ4v) is 5.05. The third-order valence-electron chi connectivity index (χ3n) is 6.16. The van der Waals surface area contributed by atoms with E-state index in [2.05, 4.69) is 35.4 Å². The van der Waals surface area contributed by atoms with Gasteiger partial charge in [0.05, 0.1) is 29.7 Å². The highest BCUT2D eigenvalue weighted by Crippen LogP contribution is 2.28. The molecule has 0 saturated carbocycles. The molecule has 1 aliphatic heterocycles. The number of carboxylic acid groups (broad SMARTS) is 1. The number of halogens is 1. The maximum Gasteiger partial charge on any atom is 0.306 e. The summed E-state index contributed by atoms with van der Waals surface area (Å²) in [5.41, 5.74) is 1.44. The number of nitrogens with one attached hydrogen (secondary N) is 2. The number of esters is 1. The van der Waals surface area contributed by atoms with E-state index in [0.29, 0.717) is 38.9 Å². The lowest BCUT2D eigenvalue weighted by Gasteiger charge is -2.35. The van der Waals surface area contributed by atoms with Crippen molar-refractivity contribution in [2.24, 2.45) is 0 Å². The maximum absolute atomic E-state index is 12.8. The monoisotopic (exact) mass is 587 g/mol. The topological polar surface area (TPSA) is 150 Å². The molecule has 0 atom stereocenters. The Labute approximate surface area is 240 Å². The van der Waals surface area contributed by atoms with Crippen LogP contribution in [0.15, 0.2) is 30.5 Å². The largest absolute Gasteiger partial charge is 0.481 e. The number of aliphatic carboxylic acids is 1. The van der Waals surface area contributed by atoms with E-state index in [1.807, 2.05) is 32.0 Å². The van der Waals surface area contributed by atoms with Gasteiger partial charge in [-0.25, -0.2) is 15.0 Å². The number of amides is 1. The van der Waals surface area contributed by atoms with E-state index in [4.69, 9.17) is 21.4 Å². The van der Waals surface area contributed by atoms with Crippen LogP contribution in [0.4, 0.5) is 22.5 Å². The molecule has 0 bridgehead atoms. The lowest BCUT2D eigenvalue weighted by molar-refractivity contribution is -0.148. The number of aryl methyl sites for hydroxylation is 2. The van der Waals surface area contributed by atoms with Gasteiger partial charge in [0.15, 0.2) is 5.13 Å². The number of ether oxygens (including phenoxy) is 1. The molecule has 3 N–H and O–H groups in total. The van der Waals surface area contributed by atoms with Crippen LogP contribution in [0.3, 0.4) is 0 Å². The van der Waals surface area contributed by atoms with Crippen molar-refractivity contribution in [2.75, 3.05) is 54.9 Å². The molecule has 3 aromatic rings. The molecule has 1 saturated heterocycles. The fourth-order valence-electron chi connectivity index (χ4n) is 4.06. The summed E-state index contributed by atoms with van der Waals surface area (Å²) in [6, 6.07) is 7.28. The van der Waals surface area contributed by atoms with Gasteiger partial charge in [-0.3, -0.25) is 19.3 Å². The van der Waals surface area contributed by atoms with Gasteiger partial charge in [-0.2, -0.15) is 0 Å². The van der Waals surface area contributed by atoms with Gasteiger partial charge in [0.25, 0.3) is 5.91 Å².